The summed E-state index contributed by atoms with van der Waals surface area (Å²) in [6.45, 7) is 1.36. The van der Waals surface area contributed by atoms with Crippen molar-refractivity contribution in [1.29, 1.82) is 0 Å². The highest BCUT2D eigenvalue weighted by molar-refractivity contribution is 5.94. The minimum atomic E-state index is -0.326. The lowest BCUT2D eigenvalue weighted by molar-refractivity contribution is -0.120. The first-order valence-electron chi connectivity index (χ1n) is 9.92. The minimum Gasteiger partial charge on any atom is -0.495 e. The molecule has 1 atom stereocenters. The number of ether oxygens (including phenoxy) is 1. The Morgan fingerprint density at radius 3 is 2.90 bits per heavy atom. The summed E-state index contributed by atoms with van der Waals surface area (Å²) in [4.78, 5) is 23.8. The van der Waals surface area contributed by atoms with E-state index in [1.165, 1.54) is 12.1 Å². The fourth-order valence-electron chi connectivity index (χ4n) is 3.67. The molecular formula is C23H23FN4O2. The van der Waals surface area contributed by atoms with Gasteiger partial charge in [-0.3, -0.25) is 4.79 Å². The number of halogens is 1. The van der Waals surface area contributed by atoms with Crippen molar-refractivity contribution in [2.45, 2.75) is 12.8 Å². The largest absolute Gasteiger partial charge is 0.495 e. The standard InChI is InChI=1S/C23H23FN4O2/c1-30-20-10-3-2-9-19(20)26-23(29)17-7-5-13-28(15-17)21-11-12-25-22(27-21)16-6-4-8-18(24)14-16/h2-4,6,8-12,14,17H,5,7,13,15H2,1H3,(H,26,29)/t17-/m1/s1. The van der Waals surface area contributed by atoms with E-state index in [4.69, 9.17) is 4.74 Å². The molecular weight excluding hydrogens is 383 g/mol. The fourth-order valence-corrected chi connectivity index (χ4v) is 3.67. The van der Waals surface area contributed by atoms with Gasteiger partial charge in [-0.2, -0.15) is 0 Å². The van der Waals surface area contributed by atoms with Gasteiger partial charge in [-0.25, -0.2) is 14.4 Å². The number of hydrogen-bond acceptors (Lipinski definition) is 5. The van der Waals surface area contributed by atoms with Crippen molar-refractivity contribution in [2.24, 2.45) is 5.92 Å². The predicted molar refractivity (Wildman–Crippen MR) is 114 cm³/mol. The van der Waals surface area contributed by atoms with E-state index in [1.807, 2.05) is 30.3 Å². The number of carbonyl (C=O) groups is 1. The van der Waals surface area contributed by atoms with Crippen LogP contribution in [0.2, 0.25) is 0 Å². The Morgan fingerprint density at radius 2 is 2.07 bits per heavy atom. The average molecular weight is 406 g/mol. The van der Waals surface area contributed by atoms with E-state index >= 15 is 0 Å². The van der Waals surface area contributed by atoms with Gasteiger partial charge in [0.05, 0.1) is 18.7 Å². The Labute approximate surface area is 174 Å². The Balaban J connectivity index is 1.49. The van der Waals surface area contributed by atoms with Gasteiger partial charge >= 0.3 is 0 Å². The normalized spacial score (nSPS) is 16.2. The highest BCUT2D eigenvalue weighted by Gasteiger charge is 2.27. The van der Waals surface area contributed by atoms with Crippen LogP contribution in [0.25, 0.3) is 11.4 Å². The smallest absolute Gasteiger partial charge is 0.229 e. The van der Waals surface area contributed by atoms with E-state index < -0.39 is 0 Å². The maximum atomic E-state index is 13.6. The monoisotopic (exact) mass is 406 g/mol. The lowest BCUT2D eigenvalue weighted by Gasteiger charge is -2.33. The number of piperidine rings is 1. The molecule has 2 aromatic carbocycles. The van der Waals surface area contributed by atoms with Gasteiger partial charge in [0.25, 0.3) is 0 Å². The van der Waals surface area contributed by atoms with Gasteiger partial charge in [0.15, 0.2) is 5.82 Å². The van der Waals surface area contributed by atoms with Crippen molar-refractivity contribution in [3.63, 3.8) is 0 Å². The zero-order chi connectivity index (χ0) is 20.9. The van der Waals surface area contributed by atoms with Crippen LogP contribution in [0.15, 0.2) is 60.8 Å². The third-order valence-corrected chi connectivity index (χ3v) is 5.20. The van der Waals surface area contributed by atoms with E-state index in [1.54, 1.807) is 25.4 Å². The molecule has 2 heterocycles. The molecule has 1 N–H and O–H groups in total. The predicted octanol–water partition coefficient (Wildman–Crippen LogP) is 4.15. The van der Waals surface area contributed by atoms with E-state index in [-0.39, 0.29) is 17.6 Å². The molecule has 0 unspecified atom stereocenters. The van der Waals surface area contributed by atoms with E-state index in [2.05, 4.69) is 20.2 Å². The summed E-state index contributed by atoms with van der Waals surface area (Å²) in [5, 5.41) is 2.98. The summed E-state index contributed by atoms with van der Waals surface area (Å²) >= 11 is 0. The Kier molecular flexibility index (Phi) is 5.88. The third kappa shape index (κ3) is 4.40. The topological polar surface area (TPSA) is 67.3 Å². The van der Waals surface area contributed by atoms with Crippen molar-refractivity contribution in [2.75, 3.05) is 30.4 Å². The van der Waals surface area contributed by atoms with Crippen LogP contribution in [-0.2, 0) is 4.79 Å². The fraction of sp³-hybridized carbons (Fsp3) is 0.261. The molecule has 1 saturated heterocycles. The highest BCUT2D eigenvalue weighted by atomic mass is 19.1. The van der Waals surface area contributed by atoms with Gasteiger partial charge < -0.3 is 15.0 Å². The molecule has 3 aromatic rings. The number of methoxy groups -OCH3 is 1. The van der Waals surface area contributed by atoms with Crippen LogP contribution in [0.5, 0.6) is 5.75 Å². The quantitative estimate of drug-likeness (QED) is 0.690. The Bertz CT molecular complexity index is 1040. The molecule has 6 nitrogen and oxygen atoms in total. The lowest BCUT2D eigenvalue weighted by Crippen LogP contribution is -2.41. The van der Waals surface area contributed by atoms with Gasteiger partial charge in [0.1, 0.15) is 17.4 Å². The molecule has 1 fully saturated rings. The molecule has 0 saturated carbocycles. The zero-order valence-electron chi connectivity index (χ0n) is 16.7. The van der Waals surface area contributed by atoms with Gasteiger partial charge in [-0.1, -0.05) is 24.3 Å². The summed E-state index contributed by atoms with van der Waals surface area (Å²) in [5.74, 6) is 1.30. The van der Waals surface area contributed by atoms with Crippen molar-refractivity contribution in [3.8, 4) is 17.1 Å². The Morgan fingerprint density at radius 1 is 1.20 bits per heavy atom. The number of para-hydroxylation sites is 2. The minimum absolute atomic E-state index is 0.0383. The van der Waals surface area contributed by atoms with Crippen LogP contribution in [0.4, 0.5) is 15.9 Å². The van der Waals surface area contributed by atoms with Gasteiger partial charge in [-0.15, -0.1) is 0 Å². The van der Waals surface area contributed by atoms with Crippen LogP contribution >= 0.6 is 0 Å². The highest BCUT2D eigenvalue weighted by Crippen LogP contribution is 2.27. The molecule has 1 aromatic heterocycles. The van der Waals surface area contributed by atoms with Crippen molar-refractivity contribution in [3.05, 3.63) is 66.6 Å². The van der Waals surface area contributed by atoms with E-state index in [0.29, 0.717) is 29.4 Å². The van der Waals surface area contributed by atoms with Crippen molar-refractivity contribution >= 4 is 17.4 Å². The van der Waals surface area contributed by atoms with Crippen LogP contribution < -0.4 is 15.0 Å². The number of hydrogen-bond donors (Lipinski definition) is 1. The summed E-state index contributed by atoms with van der Waals surface area (Å²) in [6.07, 6.45) is 3.35. The van der Waals surface area contributed by atoms with Crippen molar-refractivity contribution in [1.82, 2.24) is 9.97 Å². The second-order valence-corrected chi connectivity index (χ2v) is 7.22. The van der Waals surface area contributed by atoms with Gasteiger partial charge in [0.2, 0.25) is 5.91 Å². The molecule has 1 aliphatic rings. The van der Waals surface area contributed by atoms with Crippen LogP contribution in [-0.4, -0.2) is 36.1 Å². The SMILES string of the molecule is COc1ccccc1NC(=O)[C@@H]1CCCN(c2ccnc(-c3cccc(F)c3)n2)C1. The van der Waals surface area contributed by atoms with Gasteiger partial charge in [-0.05, 0) is 43.2 Å². The number of carbonyl (C=O) groups excluding carboxylic acids is 1. The summed E-state index contributed by atoms with van der Waals surface area (Å²) in [5.41, 5.74) is 1.29. The molecule has 0 aliphatic carbocycles. The average Bonchev–Trinajstić information content (AvgIpc) is 2.79. The maximum absolute atomic E-state index is 13.6. The van der Waals surface area contributed by atoms with Crippen LogP contribution in [0.1, 0.15) is 12.8 Å². The number of anilines is 2. The molecule has 7 heteroatoms. The molecule has 0 radical (unpaired) electrons. The number of amides is 1. The zero-order valence-corrected chi connectivity index (χ0v) is 16.7. The lowest BCUT2D eigenvalue weighted by atomic mass is 9.97. The number of rotatable bonds is 5. The maximum Gasteiger partial charge on any atom is 0.229 e. The molecule has 30 heavy (non-hydrogen) atoms. The first kappa shape index (κ1) is 19.8. The molecule has 1 amide bonds. The number of nitrogens with one attached hydrogen (secondary N) is 1. The molecule has 0 bridgehead atoms. The summed E-state index contributed by atoms with van der Waals surface area (Å²) < 4.78 is 18.9. The molecule has 4 rings (SSSR count). The first-order valence-corrected chi connectivity index (χ1v) is 9.92. The van der Waals surface area contributed by atoms with Crippen molar-refractivity contribution < 1.29 is 13.9 Å². The van der Waals surface area contributed by atoms with E-state index in [9.17, 15) is 9.18 Å². The second kappa shape index (κ2) is 8.90. The third-order valence-electron chi connectivity index (χ3n) is 5.20. The van der Waals surface area contributed by atoms with Crippen LogP contribution in [0, 0.1) is 11.7 Å². The molecule has 1 aliphatic heterocycles. The summed E-state index contributed by atoms with van der Waals surface area (Å²) in [6, 6.07) is 15.4. The molecule has 154 valence electrons. The number of aromatic nitrogens is 2. The number of nitrogens with zero attached hydrogens (tertiary/aromatic N) is 3. The van der Waals surface area contributed by atoms with Crippen LogP contribution in [0.3, 0.4) is 0 Å². The summed E-state index contributed by atoms with van der Waals surface area (Å²) in [7, 11) is 1.58. The van der Waals surface area contributed by atoms with Gasteiger partial charge in [0, 0.05) is 24.8 Å². The Hall–Kier alpha value is -3.48. The second-order valence-electron chi connectivity index (χ2n) is 7.22. The molecule has 0 spiro atoms. The first-order chi connectivity index (χ1) is 14.6. The van der Waals surface area contributed by atoms with E-state index in [0.717, 1.165) is 25.2 Å². The number of benzene rings is 2.